The van der Waals surface area contributed by atoms with Gasteiger partial charge in [-0.15, -0.1) is 0 Å². The van der Waals surface area contributed by atoms with E-state index in [9.17, 15) is 23.2 Å². The van der Waals surface area contributed by atoms with Gasteiger partial charge in [-0.3, -0.25) is 14.5 Å². The summed E-state index contributed by atoms with van der Waals surface area (Å²) in [5, 5.41) is 5.19. The van der Waals surface area contributed by atoms with E-state index in [1.165, 1.54) is 6.92 Å². The van der Waals surface area contributed by atoms with Crippen molar-refractivity contribution in [1.29, 1.82) is 0 Å². The average molecular weight is 415 g/mol. The SMILES string of the molecule is CC[C@H](NC(=O)CN1C(=O)N[C@@](C)(c2cc(F)ccc2F)C1=O)c1ccc(C)cc1. The minimum absolute atomic E-state index is 0.286. The van der Waals surface area contributed by atoms with E-state index in [0.717, 1.165) is 29.3 Å². The van der Waals surface area contributed by atoms with Crippen molar-refractivity contribution in [2.24, 2.45) is 0 Å². The number of carbonyl (C=O) groups is 3. The molecule has 1 saturated heterocycles. The van der Waals surface area contributed by atoms with Crippen molar-refractivity contribution in [3.63, 3.8) is 0 Å². The number of hydrogen-bond donors (Lipinski definition) is 2. The highest BCUT2D eigenvalue weighted by Gasteiger charge is 2.50. The Balaban J connectivity index is 1.75. The molecule has 30 heavy (non-hydrogen) atoms. The third kappa shape index (κ3) is 4.03. The number of aryl methyl sites for hydroxylation is 1. The number of amides is 4. The van der Waals surface area contributed by atoms with Gasteiger partial charge in [0.25, 0.3) is 5.91 Å². The lowest BCUT2D eigenvalue weighted by atomic mass is 9.91. The first kappa shape index (κ1) is 21.4. The van der Waals surface area contributed by atoms with Crippen LogP contribution in [0.2, 0.25) is 0 Å². The molecule has 2 aromatic rings. The number of halogens is 2. The van der Waals surface area contributed by atoms with E-state index in [1.54, 1.807) is 0 Å². The Labute approximate surface area is 173 Å². The van der Waals surface area contributed by atoms with Gasteiger partial charge in [0.2, 0.25) is 5.91 Å². The van der Waals surface area contributed by atoms with E-state index < -0.39 is 41.6 Å². The molecule has 2 aromatic carbocycles. The zero-order valence-corrected chi connectivity index (χ0v) is 17.0. The van der Waals surface area contributed by atoms with Crippen LogP contribution in [-0.4, -0.2) is 29.3 Å². The summed E-state index contributed by atoms with van der Waals surface area (Å²) in [4.78, 5) is 38.5. The molecule has 0 spiro atoms. The van der Waals surface area contributed by atoms with E-state index in [2.05, 4.69) is 10.6 Å². The average Bonchev–Trinajstić information content (AvgIpc) is 2.92. The van der Waals surface area contributed by atoms with Crippen molar-refractivity contribution < 1.29 is 23.2 Å². The highest BCUT2D eigenvalue weighted by atomic mass is 19.1. The van der Waals surface area contributed by atoms with Crippen LogP contribution in [0.4, 0.5) is 13.6 Å². The summed E-state index contributed by atoms with van der Waals surface area (Å²) in [5.41, 5.74) is -0.108. The Bertz CT molecular complexity index is 994. The Morgan fingerprint density at radius 3 is 2.47 bits per heavy atom. The fourth-order valence-electron chi connectivity index (χ4n) is 3.51. The molecular weight excluding hydrogens is 392 g/mol. The zero-order valence-electron chi connectivity index (χ0n) is 17.0. The lowest BCUT2D eigenvalue weighted by Gasteiger charge is -2.23. The topological polar surface area (TPSA) is 78.5 Å². The lowest BCUT2D eigenvalue weighted by molar-refractivity contribution is -0.135. The van der Waals surface area contributed by atoms with Crippen molar-refractivity contribution in [3.05, 3.63) is 70.8 Å². The first-order valence-electron chi connectivity index (χ1n) is 9.61. The smallest absolute Gasteiger partial charge is 0.325 e. The molecule has 0 unspecified atom stereocenters. The second-order valence-corrected chi connectivity index (χ2v) is 7.51. The van der Waals surface area contributed by atoms with Crippen LogP contribution in [0.3, 0.4) is 0 Å². The number of nitrogens with one attached hydrogen (secondary N) is 2. The number of carbonyl (C=O) groups excluding carboxylic acids is 3. The number of benzene rings is 2. The van der Waals surface area contributed by atoms with E-state index in [-0.39, 0.29) is 11.6 Å². The van der Waals surface area contributed by atoms with Crippen molar-refractivity contribution in [2.45, 2.75) is 38.8 Å². The summed E-state index contributed by atoms with van der Waals surface area (Å²) in [6, 6.07) is 9.21. The van der Waals surface area contributed by atoms with Crippen LogP contribution in [0, 0.1) is 18.6 Å². The molecule has 0 saturated carbocycles. The molecule has 4 amide bonds. The Hall–Kier alpha value is -3.29. The number of urea groups is 1. The number of nitrogens with zero attached hydrogens (tertiary/aromatic N) is 1. The molecule has 2 N–H and O–H groups in total. The highest BCUT2D eigenvalue weighted by Crippen LogP contribution is 2.31. The predicted molar refractivity (Wildman–Crippen MR) is 106 cm³/mol. The molecule has 0 bridgehead atoms. The van der Waals surface area contributed by atoms with Gasteiger partial charge in [0.1, 0.15) is 23.7 Å². The number of imide groups is 1. The van der Waals surface area contributed by atoms with Gasteiger partial charge < -0.3 is 10.6 Å². The molecular formula is C22H23F2N3O3. The van der Waals surface area contributed by atoms with Crippen LogP contribution in [0.5, 0.6) is 0 Å². The van der Waals surface area contributed by atoms with Gasteiger partial charge in [-0.1, -0.05) is 36.8 Å². The molecule has 1 aliphatic rings. The summed E-state index contributed by atoms with van der Waals surface area (Å²) >= 11 is 0. The van der Waals surface area contributed by atoms with Crippen LogP contribution >= 0.6 is 0 Å². The van der Waals surface area contributed by atoms with Gasteiger partial charge in [0, 0.05) is 5.56 Å². The quantitative estimate of drug-likeness (QED) is 0.711. The molecule has 0 radical (unpaired) electrons. The van der Waals surface area contributed by atoms with E-state index in [1.807, 2.05) is 38.1 Å². The van der Waals surface area contributed by atoms with Gasteiger partial charge in [0.15, 0.2) is 0 Å². The third-order valence-corrected chi connectivity index (χ3v) is 5.27. The maximum atomic E-state index is 14.2. The first-order chi connectivity index (χ1) is 14.2. The second-order valence-electron chi connectivity index (χ2n) is 7.51. The van der Waals surface area contributed by atoms with Crippen molar-refractivity contribution in [3.8, 4) is 0 Å². The molecule has 8 heteroatoms. The van der Waals surface area contributed by atoms with Gasteiger partial charge in [-0.05, 0) is 44.0 Å². The molecule has 158 valence electrons. The molecule has 0 aliphatic carbocycles. The maximum Gasteiger partial charge on any atom is 0.325 e. The summed E-state index contributed by atoms with van der Waals surface area (Å²) in [5.74, 6) is -2.93. The standard InChI is InChI=1S/C22H23F2N3O3/c1-4-18(14-7-5-13(2)6-8-14)25-19(28)12-27-20(29)22(3,26-21(27)30)16-11-15(23)9-10-17(16)24/h5-11,18H,4,12H2,1-3H3,(H,25,28)(H,26,30)/t18-,22-/m0/s1. The Kier molecular flexibility index (Phi) is 5.87. The highest BCUT2D eigenvalue weighted by molar-refractivity contribution is 6.09. The summed E-state index contributed by atoms with van der Waals surface area (Å²) in [7, 11) is 0. The van der Waals surface area contributed by atoms with E-state index in [0.29, 0.717) is 11.3 Å². The fourth-order valence-corrected chi connectivity index (χ4v) is 3.51. The van der Waals surface area contributed by atoms with Crippen LogP contribution in [0.25, 0.3) is 0 Å². The van der Waals surface area contributed by atoms with Gasteiger partial charge >= 0.3 is 6.03 Å². The van der Waals surface area contributed by atoms with Crippen molar-refractivity contribution in [1.82, 2.24) is 15.5 Å². The number of rotatable bonds is 6. The molecule has 1 fully saturated rings. The van der Waals surface area contributed by atoms with Gasteiger partial charge in [-0.25, -0.2) is 13.6 Å². The Morgan fingerprint density at radius 1 is 1.17 bits per heavy atom. The molecule has 1 heterocycles. The zero-order chi connectivity index (χ0) is 22.1. The van der Waals surface area contributed by atoms with Crippen LogP contribution < -0.4 is 10.6 Å². The minimum Gasteiger partial charge on any atom is -0.348 e. The molecule has 6 nitrogen and oxygen atoms in total. The van der Waals surface area contributed by atoms with Crippen LogP contribution in [0.15, 0.2) is 42.5 Å². The summed E-state index contributed by atoms with van der Waals surface area (Å²) in [6.07, 6.45) is 0.612. The summed E-state index contributed by atoms with van der Waals surface area (Å²) in [6.45, 7) is 4.62. The van der Waals surface area contributed by atoms with E-state index in [4.69, 9.17) is 0 Å². The van der Waals surface area contributed by atoms with E-state index >= 15 is 0 Å². The molecule has 1 aliphatic heterocycles. The minimum atomic E-state index is -1.80. The monoisotopic (exact) mass is 415 g/mol. The van der Waals surface area contributed by atoms with Crippen LogP contribution in [-0.2, 0) is 15.1 Å². The molecule has 0 aromatic heterocycles. The first-order valence-corrected chi connectivity index (χ1v) is 9.61. The van der Waals surface area contributed by atoms with Crippen LogP contribution in [0.1, 0.15) is 43.0 Å². The lowest BCUT2D eigenvalue weighted by Crippen LogP contribution is -2.44. The van der Waals surface area contributed by atoms with Gasteiger partial charge in [0.05, 0.1) is 6.04 Å². The largest absolute Gasteiger partial charge is 0.348 e. The molecule has 3 rings (SSSR count). The fraction of sp³-hybridized carbons (Fsp3) is 0.318. The second kappa shape index (κ2) is 8.22. The normalized spacial score (nSPS) is 19.6. The predicted octanol–water partition coefficient (Wildman–Crippen LogP) is 3.31. The maximum absolute atomic E-state index is 14.2. The number of hydrogen-bond acceptors (Lipinski definition) is 3. The van der Waals surface area contributed by atoms with Gasteiger partial charge in [-0.2, -0.15) is 0 Å². The van der Waals surface area contributed by atoms with Crippen molar-refractivity contribution >= 4 is 17.8 Å². The summed E-state index contributed by atoms with van der Waals surface area (Å²) < 4.78 is 27.8. The Morgan fingerprint density at radius 2 is 1.83 bits per heavy atom. The third-order valence-electron chi connectivity index (χ3n) is 5.27. The molecule has 2 atom stereocenters. The van der Waals surface area contributed by atoms with Crippen molar-refractivity contribution in [2.75, 3.05) is 6.54 Å².